The molecule has 1 aromatic rings. The average Bonchev–Trinajstić information content (AvgIpc) is 2.75. The van der Waals surface area contributed by atoms with E-state index in [-0.39, 0.29) is 0 Å². The van der Waals surface area contributed by atoms with E-state index in [4.69, 9.17) is 4.42 Å². The quantitative estimate of drug-likeness (QED) is 0.900. The van der Waals surface area contributed by atoms with Crippen LogP contribution in [-0.2, 0) is 6.54 Å². The number of aromatic nitrogens is 2. The van der Waals surface area contributed by atoms with E-state index < -0.39 is 0 Å². The summed E-state index contributed by atoms with van der Waals surface area (Å²) in [6, 6.07) is 1.39. The molecule has 0 radical (unpaired) electrons. The Morgan fingerprint density at radius 3 is 2.58 bits per heavy atom. The molecule has 4 bridgehead atoms. The fourth-order valence-corrected chi connectivity index (χ4v) is 4.60. The number of nitrogens with zero attached hydrogens (tertiary/aromatic N) is 3. The van der Waals surface area contributed by atoms with Crippen LogP contribution in [0, 0.1) is 17.8 Å². The van der Waals surface area contributed by atoms with Crippen LogP contribution in [0.4, 0.5) is 6.01 Å². The van der Waals surface area contributed by atoms with E-state index in [1.165, 1.54) is 32.1 Å². The molecule has 2 aliphatic heterocycles. The van der Waals surface area contributed by atoms with Gasteiger partial charge in [-0.1, -0.05) is 5.10 Å². The maximum Gasteiger partial charge on any atom is 0.318 e. The van der Waals surface area contributed by atoms with E-state index in [9.17, 15) is 0 Å². The summed E-state index contributed by atoms with van der Waals surface area (Å²) >= 11 is 0. The standard InChI is InChI=1S/C14H22N4O/c1-15-7-13-16-17-14(19-13)18-8-11-3-9-2-10(4-11)6-12(18)5-9/h9-12,15H,2-8H2,1H3. The van der Waals surface area contributed by atoms with Gasteiger partial charge in [-0.05, 0) is 56.9 Å². The van der Waals surface area contributed by atoms with Crippen molar-refractivity contribution in [2.75, 3.05) is 18.5 Å². The maximum absolute atomic E-state index is 5.82. The van der Waals surface area contributed by atoms with Crippen LogP contribution in [0.25, 0.3) is 0 Å². The van der Waals surface area contributed by atoms with Gasteiger partial charge in [-0.2, -0.15) is 0 Å². The van der Waals surface area contributed by atoms with Crippen molar-refractivity contribution in [2.45, 2.75) is 44.7 Å². The van der Waals surface area contributed by atoms with E-state index in [1.807, 2.05) is 7.05 Å². The molecule has 4 aliphatic rings. The Balaban J connectivity index is 1.60. The van der Waals surface area contributed by atoms with Gasteiger partial charge in [0.2, 0.25) is 5.89 Å². The molecule has 104 valence electrons. The Labute approximate surface area is 113 Å². The van der Waals surface area contributed by atoms with Crippen molar-refractivity contribution in [1.82, 2.24) is 15.5 Å². The van der Waals surface area contributed by atoms with E-state index in [1.54, 1.807) is 0 Å². The summed E-state index contributed by atoms with van der Waals surface area (Å²) < 4.78 is 5.82. The van der Waals surface area contributed by atoms with Crippen LogP contribution in [0.3, 0.4) is 0 Å². The third-order valence-corrected chi connectivity index (χ3v) is 5.14. The molecule has 1 aromatic heterocycles. The van der Waals surface area contributed by atoms with Crippen molar-refractivity contribution >= 4 is 6.01 Å². The van der Waals surface area contributed by atoms with Crippen LogP contribution in [0.5, 0.6) is 0 Å². The Hall–Kier alpha value is -1.10. The van der Waals surface area contributed by atoms with Gasteiger partial charge in [0.1, 0.15) is 0 Å². The molecular weight excluding hydrogens is 240 g/mol. The minimum Gasteiger partial charge on any atom is -0.407 e. The van der Waals surface area contributed by atoms with Crippen LogP contribution in [-0.4, -0.2) is 29.8 Å². The zero-order valence-corrected chi connectivity index (χ0v) is 11.5. The summed E-state index contributed by atoms with van der Waals surface area (Å²) in [5.74, 6) is 3.44. The lowest BCUT2D eigenvalue weighted by Gasteiger charge is -2.38. The molecule has 2 unspecified atom stereocenters. The van der Waals surface area contributed by atoms with Crippen LogP contribution in [0.2, 0.25) is 0 Å². The highest BCUT2D eigenvalue weighted by atomic mass is 16.4. The molecule has 2 saturated carbocycles. The van der Waals surface area contributed by atoms with E-state index in [0.29, 0.717) is 18.5 Å². The highest BCUT2D eigenvalue weighted by Crippen LogP contribution is 2.48. The summed E-state index contributed by atoms with van der Waals surface area (Å²) in [7, 11) is 1.90. The average molecular weight is 262 g/mol. The first-order valence-electron chi connectivity index (χ1n) is 7.55. The smallest absolute Gasteiger partial charge is 0.318 e. The molecule has 1 N–H and O–H groups in total. The summed E-state index contributed by atoms with van der Waals surface area (Å²) in [5, 5.41) is 11.5. The van der Waals surface area contributed by atoms with Crippen molar-refractivity contribution in [3.05, 3.63) is 5.89 Å². The zero-order valence-electron chi connectivity index (χ0n) is 11.5. The van der Waals surface area contributed by atoms with Gasteiger partial charge in [-0.15, -0.1) is 5.10 Å². The van der Waals surface area contributed by atoms with Crippen molar-refractivity contribution in [3.8, 4) is 0 Å². The Kier molecular flexibility index (Phi) is 2.76. The van der Waals surface area contributed by atoms with Crippen molar-refractivity contribution in [1.29, 1.82) is 0 Å². The minimum absolute atomic E-state index is 0.638. The molecule has 2 atom stereocenters. The number of rotatable bonds is 3. The Morgan fingerprint density at radius 1 is 1.11 bits per heavy atom. The van der Waals surface area contributed by atoms with Gasteiger partial charge >= 0.3 is 6.01 Å². The predicted molar refractivity (Wildman–Crippen MR) is 71.8 cm³/mol. The van der Waals surface area contributed by atoms with E-state index in [2.05, 4.69) is 20.4 Å². The predicted octanol–water partition coefficient (Wildman–Crippen LogP) is 1.80. The van der Waals surface area contributed by atoms with Crippen molar-refractivity contribution < 1.29 is 4.42 Å². The van der Waals surface area contributed by atoms with Crippen LogP contribution in [0.1, 0.15) is 38.0 Å². The van der Waals surface area contributed by atoms with Gasteiger partial charge in [-0.25, -0.2) is 0 Å². The molecule has 19 heavy (non-hydrogen) atoms. The summed E-state index contributed by atoms with van der Waals surface area (Å²) in [6.45, 7) is 1.78. The molecule has 5 rings (SSSR count). The number of hydrogen-bond acceptors (Lipinski definition) is 5. The highest BCUT2D eigenvalue weighted by molar-refractivity contribution is 5.29. The van der Waals surface area contributed by atoms with Gasteiger partial charge in [0.05, 0.1) is 6.54 Å². The largest absolute Gasteiger partial charge is 0.407 e. The molecule has 4 fully saturated rings. The van der Waals surface area contributed by atoms with Crippen LogP contribution >= 0.6 is 0 Å². The monoisotopic (exact) mass is 262 g/mol. The number of anilines is 1. The molecule has 5 nitrogen and oxygen atoms in total. The topological polar surface area (TPSA) is 54.2 Å². The second-order valence-corrected chi connectivity index (χ2v) is 6.59. The van der Waals surface area contributed by atoms with E-state index in [0.717, 1.165) is 30.3 Å². The van der Waals surface area contributed by atoms with Gasteiger partial charge in [0.15, 0.2) is 0 Å². The first-order valence-corrected chi connectivity index (χ1v) is 7.55. The second kappa shape index (κ2) is 4.47. The highest BCUT2D eigenvalue weighted by Gasteiger charge is 2.43. The van der Waals surface area contributed by atoms with Crippen LogP contribution < -0.4 is 10.2 Å². The number of fused-ring (bicyclic) bond motifs is 1. The van der Waals surface area contributed by atoms with E-state index >= 15 is 0 Å². The Bertz CT molecular complexity index is 446. The van der Waals surface area contributed by atoms with Gasteiger partial charge in [0, 0.05) is 12.6 Å². The summed E-state index contributed by atoms with van der Waals surface area (Å²) in [6.07, 6.45) is 6.96. The summed E-state index contributed by atoms with van der Waals surface area (Å²) in [4.78, 5) is 2.41. The first kappa shape index (κ1) is 11.7. The third kappa shape index (κ3) is 2.04. The van der Waals surface area contributed by atoms with Crippen molar-refractivity contribution in [3.63, 3.8) is 0 Å². The molecular formula is C14H22N4O. The number of nitrogens with one attached hydrogen (secondary N) is 1. The van der Waals surface area contributed by atoms with Gasteiger partial charge < -0.3 is 14.6 Å². The zero-order chi connectivity index (χ0) is 12.8. The van der Waals surface area contributed by atoms with Gasteiger partial charge in [0.25, 0.3) is 0 Å². The third-order valence-electron chi connectivity index (χ3n) is 5.14. The van der Waals surface area contributed by atoms with Gasteiger partial charge in [-0.3, -0.25) is 0 Å². The molecule has 2 aliphatic carbocycles. The molecule has 0 spiro atoms. The molecule has 0 aromatic carbocycles. The first-order chi connectivity index (χ1) is 9.31. The lowest BCUT2D eigenvalue weighted by molar-refractivity contribution is 0.157. The molecule has 5 heteroatoms. The SMILES string of the molecule is CNCc1nnc(N2CC3CC4CC(C3)CC2C4)o1. The summed E-state index contributed by atoms with van der Waals surface area (Å²) in [5.41, 5.74) is 0. The maximum atomic E-state index is 5.82. The molecule has 3 heterocycles. The number of hydrogen-bond donors (Lipinski definition) is 1. The molecule has 0 amide bonds. The Morgan fingerprint density at radius 2 is 1.84 bits per heavy atom. The second-order valence-electron chi connectivity index (χ2n) is 6.59. The minimum atomic E-state index is 0.638. The fraction of sp³-hybridized carbons (Fsp3) is 0.857. The van der Waals surface area contributed by atoms with Crippen molar-refractivity contribution in [2.24, 2.45) is 17.8 Å². The fourth-order valence-electron chi connectivity index (χ4n) is 4.60. The van der Waals surface area contributed by atoms with Crippen LogP contribution in [0.15, 0.2) is 4.42 Å². The lowest BCUT2D eigenvalue weighted by atomic mass is 9.68. The normalized spacial score (nSPS) is 36.8. The molecule has 2 saturated heterocycles. The lowest BCUT2D eigenvalue weighted by Crippen LogP contribution is -2.38.